The van der Waals surface area contributed by atoms with Crippen LogP contribution in [0.3, 0.4) is 0 Å². The minimum atomic E-state index is -0.390. The Bertz CT molecular complexity index is 390. The summed E-state index contributed by atoms with van der Waals surface area (Å²) in [5.74, 6) is 0.791. The molecule has 0 unspecified atom stereocenters. The van der Waals surface area contributed by atoms with E-state index in [1.54, 1.807) is 0 Å². The largest absolute Gasteiger partial charge is 0.488 e. The van der Waals surface area contributed by atoms with Crippen molar-refractivity contribution in [3.8, 4) is 5.75 Å². The molecule has 17 heavy (non-hydrogen) atoms. The summed E-state index contributed by atoms with van der Waals surface area (Å²) in [6.45, 7) is 5.76. The molecule has 0 aliphatic carbocycles. The van der Waals surface area contributed by atoms with Crippen LogP contribution in [-0.4, -0.2) is 18.1 Å². The molecule has 3 nitrogen and oxygen atoms in total. The number of ketones is 1. The van der Waals surface area contributed by atoms with Gasteiger partial charge in [0.05, 0.1) is 5.71 Å². The van der Waals surface area contributed by atoms with Crippen LogP contribution in [0.5, 0.6) is 5.75 Å². The predicted octanol–water partition coefficient (Wildman–Crippen LogP) is 3.09. The van der Waals surface area contributed by atoms with E-state index in [1.807, 2.05) is 51.1 Å². The highest BCUT2D eigenvalue weighted by molar-refractivity contribution is 6.03. The lowest BCUT2D eigenvalue weighted by Crippen LogP contribution is -2.25. The number of para-hydroxylation sites is 1. The van der Waals surface area contributed by atoms with Crippen LogP contribution >= 0.6 is 0 Å². The molecule has 1 aromatic rings. The first-order valence-corrected chi connectivity index (χ1v) is 5.67. The maximum absolute atomic E-state index is 11.7. The molecule has 0 aromatic heterocycles. The molecule has 0 amide bonds. The van der Waals surface area contributed by atoms with E-state index in [2.05, 4.69) is 0 Å². The second-order valence-electron chi connectivity index (χ2n) is 5.06. The molecule has 0 bridgehead atoms. The van der Waals surface area contributed by atoms with Crippen molar-refractivity contribution < 1.29 is 9.53 Å². The van der Waals surface area contributed by atoms with Gasteiger partial charge in [0.15, 0.2) is 0 Å². The SMILES string of the molecule is CC(C)(C)C(=O)CC(=N)COc1ccccc1. The number of hydrogen-bond acceptors (Lipinski definition) is 3. The van der Waals surface area contributed by atoms with Crippen LogP contribution in [0, 0.1) is 10.8 Å². The fourth-order valence-electron chi connectivity index (χ4n) is 1.20. The molecule has 1 rings (SSSR count). The molecule has 92 valence electrons. The molecular formula is C14H19NO2. The van der Waals surface area contributed by atoms with Gasteiger partial charge in [-0.2, -0.15) is 0 Å². The van der Waals surface area contributed by atoms with Crippen molar-refractivity contribution in [1.29, 1.82) is 5.41 Å². The number of ether oxygens (including phenoxy) is 1. The average molecular weight is 233 g/mol. The molecule has 0 radical (unpaired) electrons. The number of benzene rings is 1. The molecule has 0 saturated carbocycles. The summed E-state index contributed by atoms with van der Waals surface area (Å²) in [4.78, 5) is 11.7. The zero-order valence-corrected chi connectivity index (χ0v) is 10.6. The lowest BCUT2D eigenvalue weighted by Gasteiger charge is -2.16. The smallest absolute Gasteiger partial charge is 0.143 e. The molecular weight excluding hydrogens is 214 g/mol. The first-order chi connectivity index (χ1) is 7.89. The summed E-state index contributed by atoms with van der Waals surface area (Å²) >= 11 is 0. The van der Waals surface area contributed by atoms with Crippen molar-refractivity contribution in [2.45, 2.75) is 27.2 Å². The van der Waals surface area contributed by atoms with Crippen LogP contribution in [0.1, 0.15) is 27.2 Å². The van der Waals surface area contributed by atoms with Crippen LogP contribution in [0.15, 0.2) is 30.3 Å². The van der Waals surface area contributed by atoms with Gasteiger partial charge >= 0.3 is 0 Å². The zero-order valence-electron chi connectivity index (χ0n) is 10.6. The second kappa shape index (κ2) is 5.62. The molecule has 0 aliphatic heterocycles. The Labute approximate surface area is 102 Å². The van der Waals surface area contributed by atoms with Gasteiger partial charge in [0, 0.05) is 11.8 Å². The minimum Gasteiger partial charge on any atom is -0.488 e. The van der Waals surface area contributed by atoms with Gasteiger partial charge in [-0.3, -0.25) is 4.79 Å². The average Bonchev–Trinajstić information content (AvgIpc) is 2.26. The molecule has 1 aromatic carbocycles. The topological polar surface area (TPSA) is 50.2 Å². The Hall–Kier alpha value is -1.64. The van der Waals surface area contributed by atoms with Gasteiger partial charge in [0.25, 0.3) is 0 Å². The van der Waals surface area contributed by atoms with Gasteiger partial charge in [-0.1, -0.05) is 39.0 Å². The van der Waals surface area contributed by atoms with Gasteiger partial charge in [-0.15, -0.1) is 0 Å². The van der Waals surface area contributed by atoms with Gasteiger partial charge in [0.1, 0.15) is 18.1 Å². The number of hydrogen-bond donors (Lipinski definition) is 1. The molecule has 0 saturated heterocycles. The number of carbonyl (C=O) groups excluding carboxylic acids is 1. The Balaban J connectivity index is 2.39. The van der Waals surface area contributed by atoms with Crippen LogP contribution < -0.4 is 4.74 Å². The van der Waals surface area contributed by atoms with Crippen LogP contribution in [0.25, 0.3) is 0 Å². The summed E-state index contributed by atoms with van der Waals surface area (Å²) in [6, 6.07) is 9.32. The lowest BCUT2D eigenvalue weighted by atomic mass is 9.88. The van der Waals surface area contributed by atoms with Gasteiger partial charge in [0.2, 0.25) is 0 Å². The Morgan fingerprint density at radius 3 is 2.35 bits per heavy atom. The highest BCUT2D eigenvalue weighted by Crippen LogP contribution is 2.17. The monoisotopic (exact) mass is 233 g/mol. The van der Waals surface area contributed by atoms with Crippen molar-refractivity contribution in [3.05, 3.63) is 30.3 Å². The van der Waals surface area contributed by atoms with E-state index in [4.69, 9.17) is 10.1 Å². The summed E-state index contributed by atoms with van der Waals surface area (Å²) in [5, 5.41) is 7.70. The van der Waals surface area contributed by atoms with Crippen LogP contribution in [0.2, 0.25) is 0 Å². The van der Waals surface area contributed by atoms with Crippen LogP contribution in [-0.2, 0) is 4.79 Å². The molecule has 1 N–H and O–H groups in total. The quantitative estimate of drug-likeness (QED) is 0.794. The second-order valence-corrected chi connectivity index (χ2v) is 5.06. The summed E-state index contributed by atoms with van der Waals surface area (Å²) in [6.07, 6.45) is 0.163. The zero-order chi connectivity index (χ0) is 12.9. The number of nitrogens with one attached hydrogen (secondary N) is 1. The number of rotatable bonds is 5. The molecule has 0 spiro atoms. The number of Topliss-reactive ketones (excluding diaryl/α,β-unsaturated/α-hetero) is 1. The van der Waals surface area contributed by atoms with Crippen molar-refractivity contribution in [2.75, 3.05) is 6.61 Å². The maximum atomic E-state index is 11.7. The van der Waals surface area contributed by atoms with E-state index in [0.29, 0.717) is 5.71 Å². The highest BCUT2D eigenvalue weighted by atomic mass is 16.5. The van der Waals surface area contributed by atoms with Crippen molar-refractivity contribution in [2.24, 2.45) is 5.41 Å². The van der Waals surface area contributed by atoms with Crippen molar-refractivity contribution in [3.63, 3.8) is 0 Å². The van der Waals surface area contributed by atoms with E-state index in [9.17, 15) is 4.79 Å². The van der Waals surface area contributed by atoms with Gasteiger partial charge in [-0.25, -0.2) is 0 Å². The predicted molar refractivity (Wildman–Crippen MR) is 68.7 cm³/mol. The van der Waals surface area contributed by atoms with E-state index < -0.39 is 0 Å². The third kappa shape index (κ3) is 4.81. The van der Waals surface area contributed by atoms with Gasteiger partial charge in [-0.05, 0) is 12.1 Å². The fourth-order valence-corrected chi connectivity index (χ4v) is 1.20. The normalized spacial score (nSPS) is 11.0. The number of carbonyl (C=O) groups is 1. The Morgan fingerprint density at radius 1 is 1.24 bits per heavy atom. The molecule has 0 fully saturated rings. The molecule has 0 heterocycles. The van der Waals surface area contributed by atoms with E-state index >= 15 is 0 Å². The summed E-state index contributed by atoms with van der Waals surface area (Å²) < 4.78 is 5.40. The standard InChI is InChI=1S/C14H19NO2/c1-14(2,3)13(16)9-11(15)10-17-12-7-5-4-6-8-12/h4-8,15H,9-10H2,1-3H3. The molecule has 0 aliphatic rings. The third-order valence-electron chi connectivity index (χ3n) is 2.37. The highest BCUT2D eigenvalue weighted by Gasteiger charge is 2.22. The third-order valence-corrected chi connectivity index (χ3v) is 2.37. The summed E-state index contributed by atoms with van der Waals surface area (Å²) in [7, 11) is 0. The van der Waals surface area contributed by atoms with Crippen molar-refractivity contribution in [1.82, 2.24) is 0 Å². The first kappa shape index (κ1) is 13.4. The molecule has 0 atom stereocenters. The van der Waals surface area contributed by atoms with Crippen LogP contribution in [0.4, 0.5) is 0 Å². The Morgan fingerprint density at radius 2 is 1.82 bits per heavy atom. The van der Waals surface area contributed by atoms with Crippen molar-refractivity contribution >= 4 is 11.5 Å². The summed E-state index contributed by atoms with van der Waals surface area (Å²) in [5.41, 5.74) is -0.0762. The van der Waals surface area contributed by atoms with E-state index in [1.165, 1.54) is 0 Å². The lowest BCUT2D eigenvalue weighted by molar-refractivity contribution is -0.125. The molecule has 3 heteroatoms. The first-order valence-electron chi connectivity index (χ1n) is 5.67. The minimum absolute atomic E-state index is 0.0687. The Kier molecular flexibility index (Phi) is 4.44. The maximum Gasteiger partial charge on any atom is 0.143 e. The van der Waals surface area contributed by atoms with E-state index in [0.717, 1.165) is 5.75 Å². The van der Waals surface area contributed by atoms with Gasteiger partial charge < -0.3 is 10.1 Å². The fraction of sp³-hybridized carbons (Fsp3) is 0.429. The van der Waals surface area contributed by atoms with E-state index in [-0.39, 0.29) is 24.2 Å².